The van der Waals surface area contributed by atoms with Gasteiger partial charge in [-0.05, 0) is 46.8 Å². The monoisotopic (exact) mass is 407 g/mol. The van der Waals surface area contributed by atoms with Gasteiger partial charge in [0.2, 0.25) is 0 Å². The van der Waals surface area contributed by atoms with Gasteiger partial charge in [0.1, 0.15) is 12.1 Å². The van der Waals surface area contributed by atoms with Crippen LogP contribution >= 0.6 is 27.5 Å². The van der Waals surface area contributed by atoms with Crippen molar-refractivity contribution in [3.63, 3.8) is 0 Å². The van der Waals surface area contributed by atoms with Gasteiger partial charge in [0.25, 0.3) is 5.91 Å². The lowest BCUT2D eigenvalue weighted by atomic mass is 10.1. The molecule has 1 aromatic heterocycles. The number of nitrogens with zero attached hydrogens (tertiary/aromatic N) is 4. The average molecular weight is 409 g/mol. The lowest BCUT2D eigenvalue weighted by Gasteiger charge is -2.13. The third kappa shape index (κ3) is 3.39. The van der Waals surface area contributed by atoms with E-state index >= 15 is 0 Å². The molecule has 0 unspecified atom stereocenters. The zero-order valence-electron chi connectivity index (χ0n) is 12.4. The van der Waals surface area contributed by atoms with E-state index in [0.29, 0.717) is 27.7 Å². The Morgan fingerprint density at radius 1 is 1.29 bits per heavy atom. The Hall–Kier alpha value is -2.45. The maximum absolute atomic E-state index is 12.7. The first-order valence-corrected chi connectivity index (χ1v) is 7.93. The van der Waals surface area contributed by atoms with Crippen LogP contribution < -0.4 is 10.1 Å². The van der Waals surface area contributed by atoms with Gasteiger partial charge in [-0.2, -0.15) is 4.68 Å². The van der Waals surface area contributed by atoms with Gasteiger partial charge in [-0.3, -0.25) is 4.79 Å². The summed E-state index contributed by atoms with van der Waals surface area (Å²) in [6.45, 7) is 0. The summed E-state index contributed by atoms with van der Waals surface area (Å²) in [4.78, 5) is 12.7. The number of amides is 1. The zero-order valence-corrected chi connectivity index (χ0v) is 14.7. The van der Waals surface area contributed by atoms with Gasteiger partial charge in [-0.25, -0.2) is 0 Å². The third-order valence-electron chi connectivity index (χ3n) is 3.21. The van der Waals surface area contributed by atoms with E-state index in [1.165, 1.54) is 18.1 Å². The molecule has 7 nitrogen and oxygen atoms in total. The molecule has 122 valence electrons. The fourth-order valence-corrected chi connectivity index (χ4v) is 2.66. The van der Waals surface area contributed by atoms with Gasteiger partial charge in [-0.15, -0.1) is 5.10 Å². The molecule has 0 aliphatic carbocycles. The highest BCUT2D eigenvalue weighted by Crippen LogP contribution is 2.29. The molecule has 0 saturated heterocycles. The fraction of sp³-hybridized carbons (Fsp3) is 0.0667. The molecule has 0 radical (unpaired) electrons. The number of aromatic nitrogens is 4. The van der Waals surface area contributed by atoms with Crippen molar-refractivity contribution >= 4 is 39.1 Å². The highest BCUT2D eigenvalue weighted by Gasteiger charge is 2.16. The Labute approximate surface area is 150 Å². The first-order chi connectivity index (χ1) is 11.6. The minimum Gasteiger partial charge on any atom is -0.495 e. The molecule has 2 aromatic carbocycles. The summed E-state index contributed by atoms with van der Waals surface area (Å²) in [5.41, 5.74) is 1.40. The molecule has 0 aliphatic rings. The number of nitrogens with one attached hydrogen (secondary N) is 1. The first-order valence-electron chi connectivity index (χ1n) is 6.76. The Bertz CT molecular complexity index is 886. The number of tetrazole rings is 1. The van der Waals surface area contributed by atoms with Crippen LogP contribution in [0.15, 0.2) is 47.2 Å². The van der Waals surface area contributed by atoms with Crippen LogP contribution in [0.3, 0.4) is 0 Å². The number of anilines is 1. The molecule has 0 aliphatic heterocycles. The van der Waals surface area contributed by atoms with E-state index in [0.717, 1.165) is 4.47 Å². The quantitative estimate of drug-likeness (QED) is 0.716. The van der Waals surface area contributed by atoms with E-state index in [1.807, 2.05) is 0 Å². The Morgan fingerprint density at radius 3 is 2.83 bits per heavy atom. The predicted octanol–water partition coefficient (Wildman–Crippen LogP) is 3.34. The van der Waals surface area contributed by atoms with Gasteiger partial charge in [0, 0.05) is 9.50 Å². The minimum absolute atomic E-state index is 0.345. The van der Waals surface area contributed by atoms with Gasteiger partial charge in [-0.1, -0.05) is 27.5 Å². The fourth-order valence-electron chi connectivity index (χ4n) is 2.13. The molecule has 24 heavy (non-hydrogen) atoms. The molecule has 0 atom stereocenters. The molecule has 0 spiro atoms. The van der Waals surface area contributed by atoms with Crippen LogP contribution in [0.1, 0.15) is 10.4 Å². The Balaban J connectivity index is 1.99. The van der Waals surface area contributed by atoms with Gasteiger partial charge in [0.05, 0.1) is 24.0 Å². The second-order valence-corrected chi connectivity index (χ2v) is 6.07. The van der Waals surface area contributed by atoms with Crippen molar-refractivity contribution in [1.29, 1.82) is 0 Å². The number of hydrogen-bond acceptors (Lipinski definition) is 5. The first kappa shape index (κ1) is 16.4. The van der Waals surface area contributed by atoms with Crippen molar-refractivity contribution in [2.75, 3.05) is 12.4 Å². The molecule has 1 amide bonds. The molecular formula is C15H11BrClN5O2. The molecule has 3 rings (SSSR count). The predicted molar refractivity (Wildman–Crippen MR) is 92.8 cm³/mol. The number of methoxy groups -OCH3 is 1. The van der Waals surface area contributed by atoms with Gasteiger partial charge in [0.15, 0.2) is 0 Å². The van der Waals surface area contributed by atoms with E-state index in [9.17, 15) is 4.79 Å². The largest absolute Gasteiger partial charge is 0.495 e. The summed E-state index contributed by atoms with van der Waals surface area (Å²) in [6, 6.07) is 10.2. The number of benzene rings is 2. The summed E-state index contributed by atoms with van der Waals surface area (Å²) in [5.74, 6) is 0.161. The van der Waals surface area contributed by atoms with Crippen molar-refractivity contribution in [1.82, 2.24) is 20.2 Å². The van der Waals surface area contributed by atoms with E-state index in [4.69, 9.17) is 16.3 Å². The van der Waals surface area contributed by atoms with Gasteiger partial charge >= 0.3 is 0 Å². The number of ether oxygens (including phenoxy) is 1. The van der Waals surface area contributed by atoms with Crippen molar-refractivity contribution in [2.45, 2.75) is 0 Å². The summed E-state index contributed by atoms with van der Waals surface area (Å²) >= 11 is 9.36. The van der Waals surface area contributed by atoms with Gasteiger partial charge < -0.3 is 10.1 Å². The van der Waals surface area contributed by atoms with Crippen molar-refractivity contribution in [2.24, 2.45) is 0 Å². The standard InChI is InChI=1S/C15H11BrClN5O2/c1-24-14-5-3-10(17)7-12(14)19-15(23)11-6-9(16)2-4-13(11)22-8-18-20-21-22/h2-8H,1H3,(H,19,23). The van der Waals surface area contributed by atoms with Crippen LogP contribution in [0.5, 0.6) is 5.75 Å². The second-order valence-electron chi connectivity index (χ2n) is 4.71. The molecule has 0 fully saturated rings. The molecule has 1 N–H and O–H groups in total. The maximum Gasteiger partial charge on any atom is 0.258 e. The third-order valence-corrected chi connectivity index (χ3v) is 3.94. The van der Waals surface area contributed by atoms with Crippen LogP contribution in [0.25, 0.3) is 5.69 Å². The normalized spacial score (nSPS) is 10.5. The number of halogens is 2. The van der Waals surface area contributed by atoms with Crippen LogP contribution in [0, 0.1) is 0 Å². The van der Waals surface area contributed by atoms with E-state index < -0.39 is 0 Å². The smallest absolute Gasteiger partial charge is 0.258 e. The number of carbonyl (C=O) groups excluding carboxylic acids is 1. The van der Waals surface area contributed by atoms with Crippen molar-refractivity contribution < 1.29 is 9.53 Å². The number of carbonyl (C=O) groups is 1. The van der Waals surface area contributed by atoms with Crippen LogP contribution in [0.2, 0.25) is 5.02 Å². The summed E-state index contributed by atoms with van der Waals surface area (Å²) in [6.07, 6.45) is 1.42. The SMILES string of the molecule is COc1ccc(Cl)cc1NC(=O)c1cc(Br)ccc1-n1cnnn1. The Morgan fingerprint density at radius 2 is 2.12 bits per heavy atom. The average Bonchev–Trinajstić information content (AvgIpc) is 3.09. The lowest BCUT2D eigenvalue weighted by Crippen LogP contribution is -2.16. The van der Waals surface area contributed by atoms with Crippen molar-refractivity contribution in [3.8, 4) is 11.4 Å². The second kappa shape index (κ2) is 6.98. The molecule has 0 saturated carbocycles. The Kier molecular flexibility index (Phi) is 4.77. The molecule has 1 heterocycles. The van der Waals surface area contributed by atoms with Crippen LogP contribution in [-0.2, 0) is 0 Å². The van der Waals surface area contributed by atoms with E-state index in [2.05, 4.69) is 36.8 Å². The van der Waals surface area contributed by atoms with E-state index in [-0.39, 0.29) is 5.91 Å². The molecular weight excluding hydrogens is 398 g/mol. The number of hydrogen-bond donors (Lipinski definition) is 1. The molecule has 9 heteroatoms. The van der Waals surface area contributed by atoms with E-state index in [1.54, 1.807) is 36.4 Å². The van der Waals surface area contributed by atoms with Crippen molar-refractivity contribution in [3.05, 3.63) is 57.8 Å². The summed E-state index contributed by atoms with van der Waals surface area (Å²) in [5, 5.41) is 14.3. The number of rotatable bonds is 4. The summed E-state index contributed by atoms with van der Waals surface area (Å²) in [7, 11) is 1.52. The zero-order chi connectivity index (χ0) is 17.1. The lowest BCUT2D eigenvalue weighted by molar-refractivity contribution is 0.102. The van der Waals surface area contributed by atoms with Crippen LogP contribution in [-0.4, -0.2) is 33.2 Å². The maximum atomic E-state index is 12.7. The van der Waals surface area contributed by atoms with Crippen LogP contribution in [0.4, 0.5) is 5.69 Å². The summed E-state index contributed by atoms with van der Waals surface area (Å²) < 4.78 is 7.41. The topological polar surface area (TPSA) is 81.9 Å². The molecule has 3 aromatic rings. The molecule has 0 bridgehead atoms. The minimum atomic E-state index is -0.345. The highest BCUT2D eigenvalue weighted by molar-refractivity contribution is 9.10. The highest BCUT2D eigenvalue weighted by atomic mass is 79.9.